The molecular weight excluding hydrogens is 208 g/mol. The van der Waals surface area contributed by atoms with Gasteiger partial charge in [-0.1, -0.05) is 49.1 Å². The highest BCUT2D eigenvalue weighted by Crippen LogP contribution is 1.97. The van der Waals surface area contributed by atoms with E-state index in [1.54, 1.807) is 19.1 Å². The van der Waals surface area contributed by atoms with Crippen LogP contribution in [0.4, 0.5) is 0 Å². The Morgan fingerprint density at radius 3 is 2.29 bits per heavy atom. The van der Waals surface area contributed by atoms with E-state index >= 15 is 0 Å². The first-order chi connectivity index (χ1) is 8.24. The van der Waals surface area contributed by atoms with Crippen LogP contribution in [-0.4, -0.2) is 0 Å². The van der Waals surface area contributed by atoms with Gasteiger partial charge in [-0.3, -0.25) is 0 Å². The van der Waals surface area contributed by atoms with E-state index < -0.39 is 0 Å². The topological polar surface area (TPSA) is 47.6 Å². The van der Waals surface area contributed by atoms with Gasteiger partial charge in [-0.15, -0.1) is 0 Å². The average molecular weight is 222 g/mol. The largest absolute Gasteiger partial charge is 0.193 e. The predicted octanol–water partition coefficient (Wildman–Crippen LogP) is 3.87. The molecule has 17 heavy (non-hydrogen) atoms. The Hall–Kier alpha value is -2.58. The number of hydrogen-bond acceptors (Lipinski definition) is 2. The lowest BCUT2D eigenvalue weighted by molar-refractivity contribution is 1.44. The molecule has 0 unspecified atom stereocenters. The minimum Gasteiger partial charge on any atom is -0.193 e. The maximum absolute atomic E-state index is 8.20. The molecule has 1 aromatic rings. The molecule has 2 nitrogen and oxygen atoms in total. The highest BCUT2D eigenvalue weighted by atomic mass is 14.2. The minimum absolute atomic E-state index is 0.599. The van der Waals surface area contributed by atoms with Crippen LogP contribution in [0, 0.1) is 22.7 Å². The molecule has 0 radical (unpaired) electrons. The van der Waals surface area contributed by atoms with Crippen molar-refractivity contribution in [3.8, 4) is 12.1 Å². The van der Waals surface area contributed by atoms with Gasteiger partial charge in [0.25, 0.3) is 0 Å². The summed E-state index contributed by atoms with van der Waals surface area (Å²) in [5.41, 5.74) is 1.77. The molecule has 0 aliphatic rings. The van der Waals surface area contributed by atoms with Gasteiger partial charge in [0.1, 0.15) is 0 Å². The molecule has 84 valence electrons. The number of hydrogen-bond donors (Lipinski definition) is 0. The van der Waals surface area contributed by atoms with Crippen LogP contribution >= 0.6 is 0 Å². The highest BCUT2D eigenvalue weighted by molar-refractivity contribution is 5.45. The lowest BCUT2D eigenvalue weighted by Crippen LogP contribution is -1.63. The molecule has 0 N–H and O–H groups in total. The Labute approximate surface area is 102 Å². The van der Waals surface area contributed by atoms with E-state index in [1.165, 1.54) is 11.6 Å². The highest BCUT2D eigenvalue weighted by Gasteiger charge is 1.76. The predicted molar refractivity (Wildman–Crippen MR) is 70.7 cm³/mol. The molecule has 0 fully saturated rings. The van der Waals surface area contributed by atoms with Crippen molar-refractivity contribution in [3.63, 3.8) is 0 Å². The van der Waals surface area contributed by atoms with Gasteiger partial charge in [-0.2, -0.15) is 10.5 Å². The SMILES string of the molecule is C=Cc1ccccc1.CC(C#N)=CC=CC#N. The smallest absolute Gasteiger partial charge is 0.0944 e. The fourth-order valence-electron chi connectivity index (χ4n) is 0.862. The molecule has 0 atom stereocenters. The van der Waals surface area contributed by atoms with E-state index in [4.69, 9.17) is 10.5 Å². The van der Waals surface area contributed by atoms with E-state index in [0.717, 1.165) is 0 Å². The van der Waals surface area contributed by atoms with E-state index in [2.05, 4.69) is 6.58 Å². The first-order valence-electron chi connectivity index (χ1n) is 5.05. The van der Waals surface area contributed by atoms with Crippen molar-refractivity contribution in [2.24, 2.45) is 0 Å². The number of rotatable bonds is 2. The molecule has 0 heterocycles. The molecule has 0 amide bonds. The standard InChI is InChI=1S/C8H8.C7H6N2/c1-2-8-6-4-3-5-7-8;1-7(6-9)4-2-3-5-8/h2-7H,1H2;2-4H,1H3. The maximum Gasteiger partial charge on any atom is 0.0944 e. The summed E-state index contributed by atoms with van der Waals surface area (Å²) < 4.78 is 0. The third-order valence-electron chi connectivity index (χ3n) is 1.73. The summed E-state index contributed by atoms with van der Waals surface area (Å²) >= 11 is 0. The summed E-state index contributed by atoms with van der Waals surface area (Å²) in [7, 11) is 0. The summed E-state index contributed by atoms with van der Waals surface area (Å²) in [5, 5.41) is 16.2. The second-order valence-electron chi connectivity index (χ2n) is 3.06. The minimum atomic E-state index is 0.599. The fraction of sp³-hybridized carbons (Fsp3) is 0.0667. The molecule has 0 spiro atoms. The summed E-state index contributed by atoms with van der Waals surface area (Å²) in [6, 6.07) is 13.8. The third kappa shape index (κ3) is 8.42. The number of nitriles is 2. The van der Waals surface area contributed by atoms with Crippen LogP contribution in [0.15, 0.2) is 60.7 Å². The lowest BCUT2D eigenvalue weighted by Gasteiger charge is -1.85. The Bertz CT molecular complexity index is 468. The molecule has 0 saturated carbocycles. The van der Waals surface area contributed by atoms with Gasteiger partial charge in [-0.25, -0.2) is 0 Å². The van der Waals surface area contributed by atoms with Crippen LogP contribution in [0.3, 0.4) is 0 Å². The molecule has 0 aliphatic heterocycles. The quantitative estimate of drug-likeness (QED) is 0.563. The molecule has 1 rings (SSSR count). The van der Waals surface area contributed by atoms with Crippen LogP contribution in [0.5, 0.6) is 0 Å². The van der Waals surface area contributed by atoms with Gasteiger partial charge in [-0.05, 0) is 18.6 Å². The molecule has 0 aromatic heterocycles. The zero-order valence-corrected chi connectivity index (χ0v) is 9.80. The number of allylic oxidation sites excluding steroid dienone is 4. The molecule has 0 saturated heterocycles. The van der Waals surface area contributed by atoms with Gasteiger partial charge in [0.05, 0.1) is 12.1 Å². The molecular formula is C15H14N2. The van der Waals surface area contributed by atoms with Crippen LogP contribution < -0.4 is 0 Å². The van der Waals surface area contributed by atoms with Crippen LogP contribution in [0.25, 0.3) is 6.08 Å². The van der Waals surface area contributed by atoms with Crippen molar-refractivity contribution < 1.29 is 0 Å². The fourth-order valence-corrected chi connectivity index (χ4v) is 0.862. The van der Waals surface area contributed by atoms with Crippen LogP contribution in [0.2, 0.25) is 0 Å². The summed E-state index contributed by atoms with van der Waals surface area (Å²) in [6.07, 6.45) is 6.28. The maximum atomic E-state index is 8.20. The van der Waals surface area contributed by atoms with Crippen LogP contribution in [-0.2, 0) is 0 Å². The summed E-state index contributed by atoms with van der Waals surface area (Å²) in [5.74, 6) is 0. The molecule has 2 heteroatoms. The van der Waals surface area contributed by atoms with Gasteiger partial charge in [0.15, 0.2) is 0 Å². The normalized spacial score (nSPS) is 9.71. The van der Waals surface area contributed by atoms with Gasteiger partial charge in [0.2, 0.25) is 0 Å². The van der Waals surface area contributed by atoms with E-state index in [0.29, 0.717) is 5.57 Å². The Morgan fingerprint density at radius 2 is 1.88 bits per heavy atom. The average Bonchev–Trinajstić information content (AvgIpc) is 2.40. The summed E-state index contributed by atoms with van der Waals surface area (Å²) in [4.78, 5) is 0. The van der Waals surface area contributed by atoms with Gasteiger partial charge >= 0.3 is 0 Å². The molecule has 1 aromatic carbocycles. The lowest BCUT2D eigenvalue weighted by atomic mass is 10.2. The van der Waals surface area contributed by atoms with Crippen molar-refractivity contribution >= 4 is 6.08 Å². The van der Waals surface area contributed by atoms with Crippen molar-refractivity contribution in [1.29, 1.82) is 10.5 Å². The van der Waals surface area contributed by atoms with Crippen molar-refractivity contribution in [3.05, 3.63) is 66.3 Å². The van der Waals surface area contributed by atoms with Gasteiger partial charge in [0, 0.05) is 11.6 Å². The molecule has 0 aliphatic carbocycles. The van der Waals surface area contributed by atoms with Gasteiger partial charge < -0.3 is 0 Å². The second-order valence-corrected chi connectivity index (χ2v) is 3.06. The van der Waals surface area contributed by atoms with Crippen LogP contribution in [0.1, 0.15) is 12.5 Å². The van der Waals surface area contributed by atoms with E-state index in [9.17, 15) is 0 Å². The van der Waals surface area contributed by atoms with Crippen molar-refractivity contribution in [1.82, 2.24) is 0 Å². The Balaban J connectivity index is 0.000000302. The van der Waals surface area contributed by atoms with E-state index in [-0.39, 0.29) is 0 Å². The zero-order chi connectivity index (χ0) is 12.9. The zero-order valence-electron chi connectivity index (χ0n) is 9.80. The number of nitrogens with zero attached hydrogens (tertiary/aromatic N) is 2. The van der Waals surface area contributed by atoms with Crippen molar-refractivity contribution in [2.75, 3.05) is 0 Å². The Kier molecular flexibility index (Phi) is 8.44. The first-order valence-corrected chi connectivity index (χ1v) is 5.05. The molecule has 0 bridgehead atoms. The second kappa shape index (κ2) is 9.96. The monoisotopic (exact) mass is 222 g/mol. The third-order valence-corrected chi connectivity index (χ3v) is 1.73. The Morgan fingerprint density at radius 1 is 1.24 bits per heavy atom. The van der Waals surface area contributed by atoms with Crippen molar-refractivity contribution in [2.45, 2.75) is 6.92 Å². The summed E-state index contributed by atoms with van der Waals surface area (Å²) in [6.45, 7) is 5.31. The number of benzene rings is 1. The van der Waals surface area contributed by atoms with E-state index in [1.807, 2.05) is 48.5 Å². The first kappa shape index (κ1) is 14.4.